The predicted octanol–water partition coefficient (Wildman–Crippen LogP) is 1.27. The molecule has 0 saturated heterocycles. The highest BCUT2D eigenvalue weighted by molar-refractivity contribution is 7.18. The van der Waals surface area contributed by atoms with Crippen LogP contribution in [0.5, 0.6) is 0 Å². The van der Waals surface area contributed by atoms with Gasteiger partial charge in [-0.05, 0) is 31.2 Å². The maximum atomic E-state index is 12.1. The Hall–Kier alpha value is -1.56. The van der Waals surface area contributed by atoms with Crippen LogP contribution in [0.4, 0.5) is 0 Å². The van der Waals surface area contributed by atoms with Crippen LogP contribution in [0.2, 0.25) is 0 Å². The molecule has 0 bridgehead atoms. The van der Waals surface area contributed by atoms with Gasteiger partial charge in [-0.15, -0.1) is 11.3 Å². The van der Waals surface area contributed by atoms with Crippen molar-refractivity contribution in [2.45, 2.75) is 32.1 Å². The average Bonchev–Trinajstić information content (AvgIpc) is 2.57. The van der Waals surface area contributed by atoms with E-state index in [-0.39, 0.29) is 4.73 Å². The average molecular weight is 266 g/mol. The van der Waals surface area contributed by atoms with E-state index in [1.807, 2.05) is 0 Å². The lowest BCUT2D eigenvalue weighted by Crippen LogP contribution is -2.37. The van der Waals surface area contributed by atoms with E-state index in [1.54, 1.807) is 7.05 Å². The van der Waals surface area contributed by atoms with Crippen LogP contribution in [-0.2, 0) is 19.9 Å². The maximum absolute atomic E-state index is 12.1. The van der Waals surface area contributed by atoms with E-state index in [2.05, 4.69) is 0 Å². The molecule has 2 aromatic rings. The molecule has 6 heteroatoms. The van der Waals surface area contributed by atoms with Gasteiger partial charge in [0.25, 0.3) is 5.56 Å². The second kappa shape index (κ2) is 3.98. The van der Waals surface area contributed by atoms with E-state index < -0.39 is 11.2 Å². The summed E-state index contributed by atoms with van der Waals surface area (Å²) >= 11 is 1.52. The number of fused-ring (bicyclic) bond motifs is 3. The fraction of sp³-hybridized carbons (Fsp3) is 0.500. The van der Waals surface area contributed by atoms with Gasteiger partial charge in [-0.1, -0.05) is 11.2 Å². The molecule has 1 N–H and O–H groups in total. The van der Waals surface area contributed by atoms with E-state index >= 15 is 0 Å². The van der Waals surface area contributed by atoms with Crippen LogP contribution >= 0.6 is 11.3 Å². The smallest absolute Gasteiger partial charge is 0.365 e. The van der Waals surface area contributed by atoms with Crippen molar-refractivity contribution < 1.29 is 5.21 Å². The van der Waals surface area contributed by atoms with Crippen LogP contribution < -0.4 is 11.2 Å². The Morgan fingerprint density at radius 3 is 2.67 bits per heavy atom. The molecule has 0 saturated carbocycles. The zero-order valence-corrected chi connectivity index (χ0v) is 10.9. The third-order valence-corrected chi connectivity index (χ3v) is 4.95. The minimum absolute atomic E-state index is 0.222. The van der Waals surface area contributed by atoms with E-state index in [9.17, 15) is 14.8 Å². The molecule has 0 unspecified atom stereocenters. The van der Waals surface area contributed by atoms with Gasteiger partial charge in [-0.3, -0.25) is 9.36 Å². The van der Waals surface area contributed by atoms with Crippen molar-refractivity contribution in [3.05, 3.63) is 31.3 Å². The molecular formula is C12H14N2O3S. The molecule has 0 spiro atoms. The van der Waals surface area contributed by atoms with Crippen molar-refractivity contribution in [1.29, 1.82) is 0 Å². The Morgan fingerprint density at radius 2 is 1.89 bits per heavy atom. The standard InChI is InChI=1S/C12H14N2O3S/c1-13-11-9(10(15)14(17)12(13)16)7-5-3-2-4-6-8(7)18-11/h17H,2-6H2,1H3. The maximum Gasteiger partial charge on any atom is 0.365 e. The quantitative estimate of drug-likeness (QED) is 0.577. The molecule has 1 aliphatic carbocycles. The molecule has 5 nitrogen and oxygen atoms in total. The van der Waals surface area contributed by atoms with Crippen molar-refractivity contribution in [3.63, 3.8) is 0 Å². The van der Waals surface area contributed by atoms with E-state index in [4.69, 9.17) is 0 Å². The first-order valence-corrected chi connectivity index (χ1v) is 6.88. The predicted molar refractivity (Wildman–Crippen MR) is 69.8 cm³/mol. The lowest BCUT2D eigenvalue weighted by atomic mass is 10.1. The van der Waals surface area contributed by atoms with Crippen molar-refractivity contribution >= 4 is 21.6 Å². The first-order chi connectivity index (χ1) is 8.61. The number of hydrogen-bond donors (Lipinski definition) is 1. The van der Waals surface area contributed by atoms with E-state index in [0.717, 1.165) is 31.2 Å². The van der Waals surface area contributed by atoms with Gasteiger partial charge < -0.3 is 5.21 Å². The Bertz CT molecular complexity index is 738. The summed E-state index contributed by atoms with van der Waals surface area (Å²) in [6.07, 6.45) is 5.19. The van der Waals surface area contributed by atoms with Crippen LogP contribution in [0.15, 0.2) is 9.59 Å². The van der Waals surface area contributed by atoms with Crippen molar-refractivity contribution in [1.82, 2.24) is 9.30 Å². The fourth-order valence-electron chi connectivity index (χ4n) is 2.61. The van der Waals surface area contributed by atoms with Gasteiger partial charge in [0.2, 0.25) is 0 Å². The third kappa shape index (κ3) is 1.45. The SMILES string of the molecule is Cn1c(=O)n(O)c(=O)c2c3c(sc21)CCCCC3. The second-order valence-electron chi connectivity index (χ2n) is 4.70. The summed E-state index contributed by atoms with van der Waals surface area (Å²) in [5.41, 5.74) is -0.215. The molecule has 2 aromatic heterocycles. The highest BCUT2D eigenvalue weighted by atomic mass is 32.1. The molecule has 0 amide bonds. The zero-order chi connectivity index (χ0) is 12.9. The lowest BCUT2D eigenvalue weighted by Gasteiger charge is -2.03. The second-order valence-corrected chi connectivity index (χ2v) is 5.79. The Morgan fingerprint density at radius 1 is 1.17 bits per heavy atom. The first kappa shape index (κ1) is 11.5. The molecule has 0 atom stereocenters. The summed E-state index contributed by atoms with van der Waals surface area (Å²) in [6.45, 7) is 0. The third-order valence-electron chi connectivity index (χ3n) is 3.58. The summed E-state index contributed by atoms with van der Waals surface area (Å²) in [4.78, 5) is 25.6. The molecule has 3 rings (SSSR count). The van der Waals surface area contributed by atoms with Gasteiger partial charge in [0.15, 0.2) is 0 Å². The van der Waals surface area contributed by atoms with Crippen LogP contribution in [-0.4, -0.2) is 14.5 Å². The highest BCUT2D eigenvalue weighted by Gasteiger charge is 2.21. The molecule has 18 heavy (non-hydrogen) atoms. The van der Waals surface area contributed by atoms with Crippen molar-refractivity contribution in [3.8, 4) is 0 Å². The minimum Gasteiger partial charge on any atom is -0.421 e. The summed E-state index contributed by atoms with van der Waals surface area (Å²) in [7, 11) is 1.59. The monoisotopic (exact) mass is 266 g/mol. The molecule has 0 fully saturated rings. The van der Waals surface area contributed by atoms with Crippen LogP contribution in [0.25, 0.3) is 10.2 Å². The van der Waals surface area contributed by atoms with E-state index in [1.165, 1.54) is 27.2 Å². The van der Waals surface area contributed by atoms with Crippen molar-refractivity contribution in [2.24, 2.45) is 7.05 Å². The normalized spacial score (nSPS) is 15.6. The molecule has 0 aromatic carbocycles. The Labute approximate surface area is 107 Å². The zero-order valence-electron chi connectivity index (χ0n) is 10.1. The highest BCUT2D eigenvalue weighted by Crippen LogP contribution is 2.32. The number of hydrogen-bond acceptors (Lipinski definition) is 4. The van der Waals surface area contributed by atoms with Gasteiger partial charge in [0, 0.05) is 11.9 Å². The Kier molecular flexibility index (Phi) is 2.55. The van der Waals surface area contributed by atoms with Gasteiger partial charge in [-0.2, -0.15) is 0 Å². The minimum atomic E-state index is -0.677. The van der Waals surface area contributed by atoms with Gasteiger partial charge in [0.1, 0.15) is 4.83 Å². The number of nitrogens with zero attached hydrogens (tertiary/aromatic N) is 2. The number of rotatable bonds is 0. The molecule has 2 heterocycles. The van der Waals surface area contributed by atoms with Gasteiger partial charge in [-0.25, -0.2) is 4.79 Å². The van der Waals surface area contributed by atoms with Crippen LogP contribution in [0.3, 0.4) is 0 Å². The fourth-order valence-corrected chi connectivity index (χ4v) is 3.94. The molecule has 0 radical (unpaired) electrons. The molecule has 1 aliphatic rings. The number of thiophene rings is 1. The summed E-state index contributed by atoms with van der Waals surface area (Å²) < 4.78 is 1.58. The summed E-state index contributed by atoms with van der Waals surface area (Å²) in [5.74, 6) is 0. The molecule has 96 valence electrons. The topological polar surface area (TPSA) is 64.2 Å². The van der Waals surface area contributed by atoms with Gasteiger partial charge >= 0.3 is 5.69 Å². The summed E-state index contributed by atoms with van der Waals surface area (Å²) in [6, 6.07) is 0. The largest absolute Gasteiger partial charge is 0.421 e. The Balaban J connectivity index is 2.48. The summed E-state index contributed by atoms with van der Waals surface area (Å²) in [5, 5.41) is 10.1. The molecular weight excluding hydrogens is 252 g/mol. The number of aromatic nitrogens is 2. The van der Waals surface area contributed by atoms with E-state index in [0.29, 0.717) is 10.2 Å². The first-order valence-electron chi connectivity index (χ1n) is 6.07. The lowest BCUT2D eigenvalue weighted by molar-refractivity contribution is 0.158. The molecule has 0 aliphatic heterocycles. The van der Waals surface area contributed by atoms with Crippen LogP contribution in [0.1, 0.15) is 29.7 Å². The van der Waals surface area contributed by atoms with Crippen molar-refractivity contribution in [2.75, 3.05) is 0 Å². The van der Waals surface area contributed by atoms with Crippen LogP contribution in [0, 0.1) is 0 Å². The van der Waals surface area contributed by atoms with Gasteiger partial charge in [0.05, 0.1) is 5.39 Å². The number of aryl methyl sites for hydroxylation is 3.